The maximum absolute atomic E-state index is 12.9. The number of hydrogen-bond acceptors (Lipinski definition) is 8. The SMILES string of the molecule is Cc1ccc2c(c1)oc(=O)n2C1CCN(CCCCN2C(=O)c3cc(S(C)(=O)=O)ccc3S2(O)O)CC1. The number of likely N-dealkylation sites (tertiary alicyclic amines) is 1. The molecule has 10 nitrogen and oxygen atoms in total. The first-order valence-corrected chi connectivity index (χ1v) is 15.6. The fourth-order valence-electron chi connectivity index (χ4n) is 5.22. The van der Waals surface area contributed by atoms with Crippen LogP contribution in [0.5, 0.6) is 0 Å². The van der Waals surface area contributed by atoms with E-state index in [4.69, 9.17) is 4.42 Å². The molecule has 2 aliphatic heterocycles. The molecule has 0 unspecified atom stereocenters. The third-order valence-corrected chi connectivity index (χ3v) is 10.2. The quantitative estimate of drug-likeness (QED) is 0.424. The largest absolute Gasteiger partial charge is 0.420 e. The van der Waals surface area contributed by atoms with Crippen LogP contribution in [0.25, 0.3) is 11.1 Å². The van der Waals surface area contributed by atoms with Crippen LogP contribution in [0.3, 0.4) is 0 Å². The van der Waals surface area contributed by atoms with Crippen molar-refractivity contribution in [3.05, 3.63) is 58.1 Å². The maximum atomic E-state index is 12.9. The fourth-order valence-corrected chi connectivity index (χ4v) is 7.51. The third-order valence-electron chi connectivity index (χ3n) is 7.22. The summed E-state index contributed by atoms with van der Waals surface area (Å²) in [6, 6.07) is 9.72. The van der Waals surface area contributed by atoms with Gasteiger partial charge < -0.3 is 9.32 Å². The average molecular weight is 550 g/mol. The molecule has 2 N–H and O–H groups in total. The van der Waals surface area contributed by atoms with E-state index in [1.165, 1.54) is 18.2 Å². The number of fused-ring (bicyclic) bond motifs is 2. The second-order valence-electron chi connectivity index (χ2n) is 9.85. The molecule has 1 saturated heterocycles. The van der Waals surface area contributed by atoms with E-state index in [-0.39, 0.29) is 33.7 Å². The van der Waals surface area contributed by atoms with Crippen LogP contribution in [-0.4, -0.2) is 69.6 Å². The summed E-state index contributed by atoms with van der Waals surface area (Å²) in [7, 11) is -7.01. The number of unbranched alkanes of at least 4 members (excludes halogenated alkanes) is 1. The van der Waals surface area contributed by atoms with E-state index in [1.54, 1.807) is 4.57 Å². The van der Waals surface area contributed by atoms with Gasteiger partial charge in [0, 0.05) is 31.9 Å². The molecule has 0 atom stereocenters. The Bertz CT molecular complexity index is 1520. The lowest BCUT2D eigenvalue weighted by atomic mass is 10.0. The van der Waals surface area contributed by atoms with Gasteiger partial charge in [-0.15, -0.1) is 0 Å². The number of aromatic nitrogens is 1. The summed E-state index contributed by atoms with van der Waals surface area (Å²) in [5, 5.41) is 0. The fraction of sp³-hybridized carbons (Fsp3) is 0.440. The molecule has 2 aliphatic rings. The molecule has 1 amide bonds. The van der Waals surface area contributed by atoms with Gasteiger partial charge in [0.05, 0.1) is 20.9 Å². The lowest BCUT2D eigenvalue weighted by molar-refractivity contribution is 0.0859. The first-order chi connectivity index (χ1) is 17.5. The number of piperidine rings is 1. The Labute approximate surface area is 216 Å². The minimum atomic E-state index is -3.52. The zero-order valence-corrected chi connectivity index (χ0v) is 22.4. The molecule has 1 fully saturated rings. The molecule has 0 aliphatic carbocycles. The van der Waals surface area contributed by atoms with Crippen molar-refractivity contribution < 1.29 is 26.7 Å². The van der Waals surface area contributed by atoms with Crippen LogP contribution in [0.2, 0.25) is 0 Å². The summed E-state index contributed by atoms with van der Waals surface area (Å²) in [6.45, 7) is 4.57. The van der Waals surface area contributed by atoms with Gasteiger partial charge in [-0.25, -0.2) is 17.5 Å². The van der Waals surface area contributed by atoms with Crippen molar-refractivity contribution in [2.24, 2.45) is 0 Å². The number of oxazole rings is 1. The Hall–Kier alpha value is -2.64. The van der Waals surface area contributed by atoms with Crippen molar-refractivity contribution in [3.63, 3.8) is 0 Å². The van der Waals surface area contributed by atoms with Crippen molar-refractivity contribution in [2.45, 2.75) is 48.4 Å². The molecule has 1 aromatic heterocycles. The maximum Gasteiger partial charge on any atom is 0.420 e. The lowest BCUT2D eigenvalue weighted by Gasteiger charge is -2.37. The zero-order chi connectivity index (χ0) is 26.5. The topological polar surface area (TPSA) is 133 Å². The van der Waals surface area contributed by atoms with Crippen LogP contribution >= 0.6 is 10.8 Å². The number of rotatable bonds is 7. The summed E-state index contributed by atoms with van der Waals surface area (Å²) in [4.78, 5) is 27.7. The summed E-state index contributed by atoms with van der Waals surface area (Å²) >= 11 is 0. The predicted octanol–water partition coefficient (Wildman–Crippen LogP) is 3.90. The molecular weight excluding hydrogens is 518 g/mol. The molecule has 5 rings (SSSR count). The predicted molar refractivity (Wildman–Crippen MR) is 141 cm³/mol. The van der Waals surface area contributed by atoms with Gasteiger partial charge in [0.1, 0.15) is 0 Å². The van der Waals surface area contributed by atoms with Gasteiger partial charge in [0.25, 0.3) is 5.91 Å². The molecule has 3 heterocycles. The van der Waals surface area contributed by atoms with Crippen molar-refractivity contribution in [1.29, 1.82) is 0 Å². The van der Waals surface area contributed by atoms with Gasteiger partial charge in [0.2, 0.25) is 0 Å². The highest BCUT2D eigenvalue weighted by atomic mass is 32.3. The van der Waals surface area contributed by atoms with Crippen LogP contribution in [0.15, 0.2) is 55.4 Å². The van der Waals surface area contributed by atoms with Crippen molar-refractivity contribution in [3.8, 4) is 0 Å². The van der Waals surface area contributed by atoms with E-state index in [2.05, 4.69) is 4.90 Å². The van der Waals surface area contributed by atoms with Crippen molar-refractivity contribution >= 4 is 37.6 Å². The Balaban J connectivity index is 1.15. The highest BCUT2D eigenvalue weighted by Gasteiger charge is 2.41. The molecule has 0 bridgehead atoms. The molecule has 37 heavy (non-hydrogen) atoms. The molecule has 0 saturated carbocycles. The van der Waals surface area contributed by atoms with E-state index >= 15 is 0 Å². The Morgan fingerprint density at radius 2 is 1.73 bits per heavy atom. The van der Waals surface area contributed by atoms with Gasteiger partial charge in [-0.1, -0.05) is 16.8 Å². The summed E-state index contributed by atoms with van der Waals surface area (Å²) in [5.74, 6) is -0.882. The standard InChI is InChI=1S/C25H31N3O7S2/c1-17-5-7-21-22(15-17)35-25(30)28(21)18-9-13-26(14-10-18)11-3-4-12-27-24(29)20-16-19(36(2,31)32)6-8-23(20)37(27,33)34/h5-8,15-16,18,33-34H,3-4,9-14H2,1-2H3. The number of aryl methyl sites for hydroxylation is 1. The smallest absolute Gasteiger partial charge is 0.408 e. The molecule has 12 heteroatoms. The number of carbonyl (C=O) groups is 1. The lowest BCUT2D eigenvalue weighted by Crippen LogP contribution is -2.37. The number of hydrogen-bond donors (Lipinski definition) is 2. The second-order valence-corrected chi connectivity index (χ2v) is 13.8. The number of nitrogens with zero attached hydrogens (tertiary/aromatic N) is 3. The number of benzene rings is 2. The van der Waals surface area contributed by atoms with E-state index in [0.717, 1.165) is 60.5 Å². The Morgan fingerprint density at radius 3 is 2.43 bits per heavy atom. The van der Waals surface area contributed by atoms with Crippen LogP contribution in [-0.2, 0) is 9.84 Å². The zero-order valence-electron chi connectivity index (χ0n) is 20.8. The number of carbonyl (C=O) groups excluding carboxylic acids is 1. The summed E-state index contributed by atoms with van der Waals surface area (Å²) in [6.07, 6.45) is 4.02. The van der Waals surface area contributed by atoms with Crippen molar-refractivity contribution in [2.75, 3.05) is 32.4 Å². The first-order valence-electron chi connectivity index (χ1n) is 12.3. The summed E-state index contributed by atoms with van der Waals surface area (Å²) in [5.41, 5.74) is 2.52. The van der Waals surface area contributed by atoms with Gasteiger partial charge >= 0.3 is 5.76 Å². The van der Waals surface area contributed by atoms with Gasteiger partial charge in [-0.3, -0.25) is 18.5 Å². The van der Waals surface area contributed by atoms with Crippen LogP contribution in [0.4, 0.5) is 0 Å². The highest BCUT2D eigenvalue weighted by molar-refractivity contribution is 8.23. The normalized spacial score (nSPS) is 19.5. The summed E-state index contributed by atoms with van der Waals surface area (Å²) < 4.78 is 53.4. The molecular formula is C25H31N3O7S2. The van der Waals surface area contributed by atoms with Crippen LogP contribution in [0.1, 0.15) is 47.6 Å². The highest BCUT2D eigenvalue weighted by Crippen LogP contribution is 2.58. The van der Waals surface area contributed by atoms with Crippen LogP contribution < -0.4 is 5.76 Å². The minimum Gasteiger partial charge on any atom is -0.408 e. The van der Waals surface area contributed by atoms with E-state index < -0.39 is 26.5 Å². The number of amides is 1. The van der Waals surface area contributed by atoms with Gasteiger partial charge in [-0.05, 0) is 75.0 Å². The van der Waals surface area contributed by atoms with Crippen molar-refractivity contribution in [1.82, 2.24) is 13.8 Å². The van der Waals surface area contributed by atoms with E-state index in [9.17, 15) is 27.1 Å². The number of sulfone groups is 1. The first kappa shape index (κ1) is 26.0. The molecule has 0 radical (unpaired) electrons. The molecule has 2 aromatic carbocycles. The molecule has 3 aromatic rings. The second kappa shape index (κ2) is 9.59. The monoisotopic (exact) mass is 549 g/mol. The third kappa shape index (κ3) is 4.84. The van der Waals surface area contributed by atoms with Gasteiger partial charge in [0.15, 0.2) is 15.4 Å². The minimum absolute atomic E-state index is 0.0270. The molecule has 0 spiro atoms. The van der Waals surface area contributed by atoms with Crippen LogP contribution in [0, 0.1) is 6.92 Å². The Kier molecular flexibility index (Phi) is 6.73. The molecule has 200 valence electrons. The van der Waals surface area contributed by atoms with E-state index in [1.807, 2.05) is 25.1 Å². The Morgan fingerprint density at radius 1 is 1.03 bits per heavy atom. The van der Waals surface area contributed by atoms with Gasteiger partial charge in [-0.2, -0.15) is 0 Å². The van der Waals surface area contributed by atoms with E-state index in [0.29, 0.717) is 12.0 Å². The average Bonchev–Trinajstić information content (AvgIpc) is 3.26.